The SMILES string of the molecule is Cl.NC(Cc1ccccc1)C(=O)N1CCNC(=O)C1. The van der Waals surface area contributed by atoms with Crippen molar-refractivity contribution in [3.8, 4) is 0 Å². The Labute approximate surface area is 118 Å². The van der Waals surface area contributed by atoms with Gasteiger partial charge in [-0.2, -0.15) is 0 Å². The zero-order valence-electron chi connectivity index (χ0n) is 10.5. The van der Waals surface area contributed by atoms with Gasteiger partial charge >= 0.3 is 0 Å². The Balaban J connectivity index is 0.00000180. The van der Waals surface area contributed by atoms with Crippen LogP contribution in [0.25, 0.3) is 0 Å². The molecule has 1 fully saturated rings. The molecule has 19 heavy (non-hydrogen) atoms. The summed E-state index contributed by atoms with van der Waals surface area (Å²) in [5.74, 6) is -0.282. The lowest BCUT2D eigenvalue weighted by Gasteiger charge is -2.28. The number of nitrogens with one attached hydrogen (secondary N) is 1. The zero-order valence-corrected chi connectivity index (χ0v) is 11.4. The first-order valence-electron chi connectivity index (χ1n) is 6.02. The molecule has 0 aromatic heterocycles. The van der Waals surface area contributed by atoms with Gasteiger partial charge in [0.2, 0.25) is 11.8 Å². The van der Waals surface area contributed by atoms with Crippen LogP contribution in [-0.4, -0.2) is 42.4 Å². The molecule has 1 heterocycles. The van der Waals surface area contributed by atoms with E-state index in [-0.39, 0.29) is 30.8 Å². The molecule has 0 radical (unpaired) electrons. The van der Waals surface area contributed by atoms with Crippen molar-refractivity contribution in [3.63, 3.8) is 0 Å². The largest absolute Gasteiger partial charge is 0.353 e. The minimum atomic E-state index is -0.585. The maximum absolute atomic E-state index is 12.1. The van der Waals surface area contributed by atoms with Crippen LogP contribution in [0.5, 0.6) is 0 Å². The molecule has 2 rings (SSSR count). The molecule has 104 valence electrons. The molecule has 2 amide bonds. The molecule has 3 N–H and O–H groups in total. The first-order valence-corrected chi connectivity index (χ1v) is 6.02. The van der Waals surface area contributed by atoms with Gasteiger partial charge in [-0.25, -0.2) is 0 Å². The lowest BCUT2D eigenvalue weighted by Crippen LogP contribution is -2.54. The lowest BCUT2D eigenvalue weighted by atomic mass is 10.1. The van der Waals surface area contributed by atoms with E-state index >= 15 is 0 Å². The van der Waals surface area contributed by atoms with Gasteiger partial charge in [0.25, 0.3) is 0 Å². The third kappa shape index (κ3) is 4.22. The summed E-state index contributed by atoms with van der Waals surface area (Å²) >= 11 is 0. The third-order valence-electron chi connectivity index (χ3n) is 2.97. The van der Waals surface area contributed by atoms with Crippen LogP contribution in [0.15, 0.2) is 30.3 Å². The van der Waals surface area contributed by atoms with Crippen molar-refractivity contribution < 1.29 is 9.59 Å². The fourth-order valence-electron chi connectivity index (χ4n) is 2.02. The molecule has 1 unspecified atom stereocenters. The Bertz CT molecular complexity index is 439. The van der Waals surface area contributed by atoms with E-state index in [0.717, 1.165) is 5.56 Å². The van der Waals surface area contributed by atoms with Crippen LogP contribution in [0.4, 0.5) is 0 Å². The summed E-state index contributed by atoms with van der Waals surface area (Å²) in [7, 11) is 0. The smallest absolute Gasteiger partial charge is 0.240 e. The minimum Gasteiger partial charge on any atom is -0.353 e. The van der Waals surface area contributed by atoms with E-state index in [2.05, 4.69) is 5.32 Å². The fourth-order valence-corrected chi connectivity index (χ4v) is 2.02. The number of hydrogen-bond donors (Lipinski definition) is 2. The average molecular weight is 284 g/mol. The molecular weight excluding hydrogens is 266 g/mol. The summed E-state index contributed by atoms with van der Waals surface area (Å²) in [4.78, 5) is 24.8. The predicted molar refractivity (Wildman–Crippen MR) is 75.0 cm³/mol. The van der Waals surface area contributed by atoms with E-state index in [9.17, 15) is 9.59 Å². The predicted octanol–water partition coefficient (Wildman–Crippen LogP) is -0.0634. The van der Waals surface area contributed by atoms with Crippen LogP contribution in [0.2, 0.25) is 0 Å². The molecule has 0 spiro atoms. The molecule has 1 aromatic carbocycles. The second-order valence-electron chi connectivity index (χ2n) is 4.41. The Morgan fingerprint density at radius 1 is 1.37 bits per heavy atom. The molecule has 0 saturated carbocycles. The van der Waals surface area contributed by atoms with E-state index in [0.29, 0.717) is 19.5 Å². The van der Waals surface area contributed by atoms with Crippen molar-refractivity contribution in [2.24, 2.45) is 5.73 Å². The van der Waals surface area contributed by atoms with Gasteiger partial charge in [-0.15, -0.1) is 12.4 Å². The zero-order chi connectivity index (χ0) is 13.0. The molecule has 0 aliphatic carbocycles. The molecule has 1 aliphatic heterocycles. The Hall–Kier alpha value is -1.59. The third-order valence-corrected chi connectivity index (χ3v) is 2.97. The molecular formula is C13H18ClN3O2. The molecule has 1 aromatic rings. The number of benzene rings is 1. The topological polar surface area (TPSA) is 75.4 Å². The van der Waals surface area contributed by atoms with Gasteiger partial charge in [0.1, 0.15) is 0 Å². The first-order chi connectivity index (χ1) is 8.66. The number of rotatable bonds is 3. The monoisotopic (exact) mass is 283 g/mol. The number of nitrogens with two attached hydrogens (primary N) is 1. The normalized spacial score (nSPS) is 16.3. The maximum Gasteiger partial charge on any atom is 0.240 e. The first kappa shape index (κ1) is 15.5. The summed E-state index contributed by atoms with van der Waals surface area (Å²) in [5.41, 5.74) is 6.93. The number of piperazine rings is 1. The second-order valence-corrected chi connectivity index (χ2v) is 4.41. The highest BCUT2D eigenvalue weighted by Gasteiger charge is 2.25. The summed E-state index contributed by atoms with van der Waals surface area (Å²) < 4.78 is 0. The van der Waals surface area contributed by atoms with Crippen LogP contribution in [0.1, 0.15) is 5.56 Å². The lowest BCUT2D eigenvalue weighted by molar-refractivity contribution is -0.139. The van der Waals surface area contributed by atoms with Crippen LogP contribution in [0.3, 0.4) is 0 Å². The van der Waals surface area contributed by atoms with Crippen molar-refractivity contribution in [2.45, 2.75) is 12.5 Å². The Morgan fingerprint density at radius 3 is 2.68 bits per heavy atom. The van der Waals surface area contributed by atoms with Crippen LogP contribution in [-0.2, 0) is 16.0 Å². The second kappa shape index (κ2) is 7.11. The van der Waals surface area contributed by atoms with Gasteiger partial charge in [0, 0.05) is 13.1 Å². The summed E-state index contributed by atoms with van der Waals surface area (Å²) in [6.45, 7) is 1.15. The van der Waals surface area contributed by atoms with E-state index < -0.39 is 6.04 Å². The molecule has 6 heteroatoms. The van der Waals surface area contributed by atoms with E-state index in [4.69, 9.17) is 5.73 Å². The minimum absolute atomic E-state index is 0. The van der Waals surface area contributed by atoms with Gasteiger partial charge in [0.15, 0.2) is 0 Å². The summed E-state index contributed by atoms with van der Waals surface area (Å²) in [5, 5.41) is 2.68. The molecule has 5 nitrogen and oxygen atoms in total. The highest BCUT2D eigenvalue weighted by Crippen LogP contribution is 2.05. The van der Waals surface area contributed by atoms with Gasteiger partial charge < -0.3 is 16.0 Å². The fraction of sp³-hybridized carbons (Fsp3) is 0.385. The maximum atomic E-state index is 12.1. The molecule has 1 aliphatic rings. The standard InChI is InChI=1S/C13H17N3O2.ClH/c14-11(8-10-4-2-1-3-5-10)13(18)16-7-6-15-12(17)9-16;/h1-5,11H,6-9,14H2,(H,15,17);1H. The Kier molecular flexibility index (Phi) is 5.79. The molecule has 0 bridgehead atoms. The van der Waals surface area contributed by atoms with Gasteiger partial charge in [-0.1, -0.05) is 30.3 Å². The van der Waals surface area contributed by atoms with Gasteiger partial charge in [-0.3, -0.25) is 9.59 Å². The Morgan fingerprint density at radius 2 is 2.05 bits per heavy atom. The number of carbonyl (C=O) groups is 2. The van der Waals surface area contributed by atoms with Crippen molar-refractivity contribution in [1.29, 1.82) is 0 Å². The molecule has 1 saturated heterocycles. The average Bonchev–Trinajstić information content (AvgIpc) is 2.39. The number of amides is 2. The quantitative estimate of drug-likeness (QED) is 0.816. The van der Waals surface area contributed by atoms with Crippen molar-refractivity contribution in [1.82, 2.24) is 10.2 Å². The van der Waals surface area contributed by atoms with Crippen molar-refractivity contribution >= 4 is 24.2 Å². The van der Waals surface area contributed by atoms with Gasteiger partial charge in [-0.05, 0) is 12.0 Å². The van der Waals surface area contributed by atoms with E-state index in [1.54, 1.807) is 0 Å². The highest BCUT2D eigenvalue weighted by molar-refractivity contribution is 5.88. The summed E-state index contributed by atoms with van der Waals surface area (Å²) in [6.07, 6.45) is 0.498. The van der Waals surface area contributed by atoms with E-state index in [1.807, 2.05) is 30.3 Å². The number of nitrogens with zero attached hydrogens (tertiary/aromatic N) is 1. The van der Waals surface area contributed by atoms with E-state index in [1.165, 1.54) is 4.90 Å². The number of halogens is 1. The molecule has 1 atom stereocenters. The van der Waals surface area contributed by atoms with Crippen molar-refractivity contribution in [2.75, 3.05) is 19.6 Å². The van der Waals surface area contributed by atoms with Crippen molar-refractivity contribution in [3.05, 3.63) is 35.9 Å². The number of carbonyl (C=O) groups excluding carboxylic acids is 2. The van der Waals surface area contributed by atoms with Crippen LogP contribution in [0, 0.1) is 0 Å². The highest BCUT2D eigenvalue weighted by atomic mass is 35.5. The van der Waals surface area contributed by atoms with Gasteiger partial charge in [0.05, 0.1) is 12.6 Å². The van der Waals surface area contributed by atoms with Crippen LogP contribution < -0.4 is 11.1 Å². The summed E-state index contributed by atoms with van der Waals surface area (Å²) in [6, 6.07) is 9.05. The van der Waals surface area contributed by atoms with Crippen LogP contribution >= 0.6 is 12.4 Å². The number of hydrogen-bond acceptors (Lipinski definition) is 3.